The number of benzene rings is 3. The normalized spacial score (nSPS) is 11.4. The zero-order valence-corrected chi connectivity index (χ0v) is 15.1. The summed E-state index contributed by atoms with van der Waals surface area (Å²) < 4.78 is 10.7. The molecule has 3 aromatic carbocycles. The Balaban J connectivity index is 1.59. The molecule has 1 atom stereocenters. The van der Waals surface area contributed by atoms with Crippen LogP contribution in [0.4, 0.5) is 5.69 Å². The maximum atomic E-state index is 12.1. The Hall–Kier alpha value is -3.31. The minimum atomic E-state index is -0.792. The number of nitrogens with one attached hydrogen (secondary N) is 2. The first-order chi connectivity index (χ1) is 13.3. The Labute approximate surface area is 158 Å². The summed E-state index contributed by atoms with van der Waals surface area (Å²) in [6.07, 6.45) is -0.792. The highest BCUT2D eigenvalue weighted by atomic mass is 16.6. The van der Waals surface area contributed by atoms with Crippen LogP contribution in [0.15, 0.2) is 84.9 Å². The lowest BCUT2D eigenvalue weighted by Crippen LogP contribution is -2.21. The third-order valence-corrected chi connectivity index (χ3v) is 3.99. The number of para-hydroxylation sites is 1. The average Bonchev–Trinajstić information content (AvgIpc) is 2.74. The summed E-state index contributed by atoms with van der Waals surface area (Å²) in [6, 6.07) is 26.8. The monoisotopic (exact) mass is 362 g/mol. The smallest absolute Gasteiger partial charge is 0.351 e. The molecule has 0 saturated heterocycles. The fraction of sp³-hybridized carbons (Fsp3) is 0.136. The largest absolute Gasteiger partial charge is 0.474 e. The van der Waals surface area contributed by atoms with Gasteiger partial charge in [0.1, 0.15) is 5.75 Å². The first-order valence-electron chi connectivity index (χ1n) is 8.68. The molecule has 0 bridgehead atoms. The summed E-state index contributed by atoms with van der Waals surface area (Å²) in [5, 5.41) is 0. The van der Waals surface area contributed by atoms with Crippen LogP contribution in [0.3, 0.4) is 0 Å². The second-order valence-electron chi connectivity index (χ2n) is 5.92. The second-order valence-corrected chi connectivity index (χ2v) is 5.92. The van der Waals surface area contributed by atoms with Crippen LogP contribution < -0.4 is 15.6 Å². The van der Waals surface area contributed by atoms with Crippen molar-refractivity contribution < 1.29 is 14.3 Å². The molecule has 0 amide bonds. The number of hydrogen-bond acceptors (Lipinski definition) is 5. The van der Waals surface area contributed by atoms with Gasteiger partial charge in [-0.1, -0.05) is 60.7 Å². The van der Waals surface area contributed by atoms with Gasteiger partial charge >= 0.3 is 5.97 Å². The lowest BCUT2D eigenvalue weighted by atomic mass is 10.1. The van der Waals surface area contributed by atoms with Crippen molar-refractivity contribution >= 4 is 11.7 Å². The summed E-state index contributed by atoms with van der Waals surface area (Å²) in [7, 11) is 1.36. The van der Waals surface area contributed by atoms with Gasteiger partial charge in [-0.05, 0) is 29.8 Å². The Morgan fingerprint density at radius 3 is 2.15 bits per heavy atom. The van der Waals surface area contributed by atoms with Gasteiger partial charge in [-0.2, -0.15) is 0 Å². The van der Waals surface area contributed by atoms with Crippen LogP contribution in [-0.2, 0) is 16.1 Å². The van der Waals surface area contributed by atoms with Gasteiger partial charge in [-0.25, -0.2) is 10.2 Å². The first kappa shape index (κ1) is 18.5. The number of methoxy groups -OCH3 is 1. The maximum Gasteiger partial charge on any atom is 0.351 e. The van der Waals surface area contributed by atoms with E-state index in [0.29, 0.717) is 12.3 Å². The van der Waals surface area contributed by atoms with Crippen LogP contribution in [0.5, 0.6) is 5.75 Å². The Morgan fingerprint density at radius 1 is 0.889 bits per heavy atom. The van der Waals surface area contributed by atoms with Crippen molar-refractivity contribution in [3.05, 3.63) is 96.1 Å². The van der Waals surface area contributed by atoms with Crippen molar-refractivity contribution in [1.29, 1.82) is 0 Å². The predicted molar refractivity (Wildman–Crippen MR) is 105 cm³/mol. The van der Waals surface area contributed by atoms with Crippen LogP contribution >= 0.6 is 0 Å². The molecule has 0 fully saturated rings. The summed E-state index contributed by atoms with van der Waals surface area (Å²) >= 11 is 0. The molecule has 3 rings (SSSR count). The molecule has 2 N–H and O–H groups in total. The Kier molecular flexibility index (Phi) is 6.44. The zero-order chi connectivity index (χ0) is 18.9. The third kappa shape index (κ3) is 5.33. The second kappa shape index (κ2) is 9.40. The molecule has 0 aromatic heterocycles. The number of hydrogen-bond donors (Lipinski definition) is 2. The molecule has 0 aliphatic carbocycles. The van der Waals surface area contributed by atoms with Gasteiger partial charge in [0.2, 0.25) is 6.10 Å². The standard InChI is InChI=1S/C22H22N2O3/c1-26-22(25)21(18-8-4-2-5-9-18)27-20-14-12-17(13-15-20)16-23-24-19-10-6-3-7-11-19/h2-15,21,23-24H,16H2,1H3. The fourth-order valence-corrected chi connectivity index (χ4v) is 2.58. The maximum absolute atomic E-state index is 12.1. The highest BCUT2D eigenvalue weighted by Crippen LogP contribution is 2.23. The SMILES string of the molecule is COC(=O)C(Oc1ccc(CNNc2ccccc2)cc1)c1ccccc1. The minimum Gasteiger partial charge on any atom is -0.474 e. The summed E-state index contributed by atoms with van der Waals surface area (Å²) in [4.78, 5) is 12.1. The summed E-state index contributed by atoms with van der Waals surface area (Å²) in [5.74, 6) is 0.174. The molecular weight excluding hydrogens is 340 g/mol. The number of carbonyl (C=O) groups is 1. The predicted octanol–water partition coefficient (Wildman–Crippen LogP) is 4.10. The van der Waals surface area contributed by atoms with Crippen LogP contribution in [0, 0.1) is 0 Å². The number of rotatable bonds is 8. The van der Waals surface area contributed by atoms with E-state index in [4.69, 9.17) is 9.47 Å². The van der Waals surface area contributed by atoms with Crippen LogP contribution in [-0.4, -0.2) is 13.1 Å². The molecule has 0 aliphatic heterocycles. The molecule has 3 aromatic rings. The van der Waals surface area contributed by atoms with Crippen LogP contribution in [0.2, 0.25) is 0 Å². The summed E-state index contributed by atoms with van der Waals surface area (Å²) in [6.45, 7) is 0.647. The molecule has 5 heteroatoms. The lowest BCUT2D eigenvalue weighted by molar-refractivity contribution is -0.149. The molecule has 0 aliphatic rings. The van der Waals surface area contributed by atoms with Crippen molar-refractivity contribution in [1.82, 2.24) is 5.43 Å². The van der Waals surface area contributed by atoms with E-state index in [1.165, 1.54) is 7.11 Å². The average molecular weight is 362 g/mol. The van der Waals surface area contributed by atoms with E-state index in [1.807, 2.05) is 84.9 Å². The van der Waals surface area contributed by atoms with Gasteiger partial charge in [-0.3, -0.25) is 0 Å². The number of ether oxygens (including phenoxy) is 2. The van der Waals surface area contributed by atoms with Crippen molar-refractivity contribution in [3.63, 3.8) is 0 Å². The highest BCUT2D eigenvalue weighted by Gasteiger charge is 2.23. The Bertz CT molecular complexity index is 836. The molecule has 138 valence electrons. The van der Waals surface area contributed by atoms with E-state index < -0.39 is 12.1 Å². The number of carbonyl (C=O) groups excluding carboxylic acids is 1. The zero-order valence-electron chi connectivity index (χ0n) is 15.1. The van der Waals surface area contributed by atoms with E-state index in [9.17, 15) is 4.79 Å². The van der Waals surface area contributed by atoms with Crippen molar-refractivity contribution in [2.45, 2.75) is 12.6 Å². The summed E-state index contributed by atoms with van der Waals surface area (Å²) in [5.41, 5.74) is 9.14. The fourth-order valence-electron chi connectivity index (χ4n) is 2.58. The number of esters is 1. The van der Waals surface area contributed by atoms with Gasteiger partial charge in [0, 0.05) is 17.8 Å². The first-order valence-corrected chi connectivity index (χ1v) is 8.68. The van der Waals surface area contributed by atoms with Crippen LogP contribution in [0.1, 0.15) is 17.2 Å². The van der Waals surface area contributed by atoms with E-state index in [1.54, 1.807) is 0 Å². The Morgan fingerprint density at radius 2 is 1.52 bits per heavy atom. The molecule has 5 nitrogen and oxygen atoms in total. The molecule has 27 heavy (non-hydrogen) atoms. The lowest BCUT2D eigenvalue weighted by Gasteiger charge is -2.17. The van der Waals surface area contributed by atoms with E-state index in [0.717, 1.165) is 16.8 Å². The van der Waals surface area contributed by atoms with E-state index in [2.05, 4.69) is 10.9 Å². The molecule has 0 heterocycles. The van der Waals surface area contributed by atoms with E-state index in [-0.39, 0.29) is 0 Å². The molecule has 0 spiro atoms. The molecule has 0 saturated carbocycles. The van der Waals surface area contributed by atoms with Gasteiger partial charge in [-0.15, -0.1) is 0 Å². The topological polar surface area (TPSA) is 59.6 Å². The number of hydrazine groups is 1. The van der Waals surface area contributed by atoms with Gasteiger partial charge < -0.3 is 14.9 Å². The van der Waals surface area contributed by atoms with Gasteiger partial charge in [0.05, 0.1) is 7.11 Å². The molecule has 1 unspecified atom stereocenters. The third-order valence-electron chi connectivity index (χ3n) is 3.99. The number of anilines is 1. The van der Waals surface area contributed by atoms with Crippen molar-refractivity contribution in [2.24, 2.45) is 0 Å². The quantitative estimate of drug-likeness (QED) is 0.467. The highest BCUT2D eigenvalue weighted by molar-refractivity contribution is 5.76. The molecule has 0 radical (unpaired) electrons. The van der Waals surface area contributed by atoms with Gasteiger partial charge in [0.15, 0.2) is 0 Å². The van der Waals surface area contributed by atoms with E-state index >= 15 is 0 Å². The minimum absolute atomic E-state index is 0.431. The van der Waals surface area contributed by atoms with Crippen LogP contribution in [0.25, 0.3) is 0 Å². The van der Waals surface area contributed by atoms with Gasteiger partial charge in [0.25, 0.3) is 0 Å². The molecular formula is C22H22N2O3. The van der Waals surface area contributed by atoms with Crippen molar-refractivity contribution in [3.8, 4) is 5.75 Å². The van der Waals surface area contributed by atoms with Crippen molar-refractivity contribution in [2.75, 3.05) is 12.5 Å².